The molecule has 0 aliphatic rings. The molecule has 1 rings (SSSR count). The van der Waals surface area contributed by atoms with Gasteiger partial charge in [-0.2, -0.15) is 5.10 Å². The summed E-state index contributed by atoms with van der Waals surface area (Å²) in [5.74, 6) is -0.425. The lowest BCUT2D eigenvalue weighted by Crippen LogP contribution is -2.36. The average Bonchev–Trinajstić information content (AvgIpc) is 2.21. The molecule has 0 spiro atoms. The molecule has 0 unspecified atom stereocenters. The van der Waals surface area contributed by atoms with Crippen molar-refractivity contribution >= 4 is 35.1 Å². The second-order valence-corrected chi connectivity index (χ2v) is 4.45. The Morgan fingerprint density at radius 2 is 2.24 bits per heavy atom. The molecule has 0 amide bonds. The van der Waals surface area contributed by atoms with Crippen LogP contribution >= 0.6 is 23.8 Å². The summed E-state index contributed by atoms with van der Waals surface area (Å²) in [6, 6.07) is 4.66. The predicted molar refractivity (Wildman–Crippen MR) is 73.0 cm³/mol. The number of benzene rings is 1. The number of rotatable bonds is 3. The maximum absolute atomic E-state index is 13.3. The number of hydrogen-bond donors (Lipinski definition) is 2. The fourth-order valence-corrected chi connectivity index (χ4v) is 1.58. The van der Waals surface area contributed by atoms with Crippen molar-refractivity contribution in [3.05, 3.63) is 34.6 Å². The zero-order valence-electron chi connectivity index (χ0n) is 9.50. The topological polar surface area (TPSA) is 36.4 Å². The minimum Gasteiger partial charge on any atom is -0.359 e. The fourth-order valence-electron chi connectivity index (χ4n) is 1.08. The first kappa shape index (κ1) is 13.9. The summed E-state index contributed by atoms with van der Waals surface area (Å²) in [5.41, 5.74) is 2.81. The zero-order valence-corrected chi connectivity index (χ0v) is 11.1. The van der Waals surface area contributed by atoms with Crippen LogP contribution in [0.1, 0.15) is 19.4 Å². The van der Waals surface area contributed by atoms with E-state index in [0.717, 1.165) is 0 Å². The first-order valence-electron chi connectivity index (χ1n) is 5.04. The van der Waals surface area contributed by atoms with Gasteiger partial charge in [0.05, 0.1) is 11.2 Å². The number of nitrogens with one attached hydrogen (secondary N) is 2. The lowest BCUT2D eigenvalue weighted by molar-refractivity contribution is 0.626. The molecule has 0 saturated heterocycles. The van der Waals surface area contributed by atoms with Crippen molar-refractivity contribution in [2.75, 3.05) is 0 Å². The molecule has 2 N–H and O–H groups in total. The number of hydrogen-bond acceptors (Lipinski definition) is 2. The molecular formula is C11H13ClFN3S. The van der Waals surface area contributed by atoms with E-state index in [1.807, 2.05) is 13.8 Å². The highest BCUT2D eigenvalue weighted by Gasteiger charge is 2.03. The molecule has 92 valence electrons. The Bertz CT molecular complexity index is 414. The van der Waals surface area contributed by atoms with E-state index in [4.69, 9.17) is 23.8 Å². The Morgan fingerprint density at radius 3 is 2.82 bits per heavy atom. The van der Waals surface area contributed by atoms with Crippen LogP contribution < -0.4 is 10.7 Å². The Morgan fingerprint density at radius 1 is 1.53 bits per heavy atom. The first-order chi connectivity index (χ1) is 8.00. The van der Waals surface area contributed by atoms with E-state index >= 15 is 0 Å². The van der Waals surface area contributed by atoms with Crippen molar-refractivity contribution in [3.8, 4) is 0 Å². The third kappa shape index (κ3) is 4.66. The average molecular weight is 274 g/mol. The van der Waals surface area contributed by atoms with Crippen LogP contribution in [0.4, 0.5) is 4.39 Å². The van der Waals surface area contributed by atoms with Crippen LogP contribution in [-0.2, 0) is 0 Å². The van der Waals surface area contributed by atoms with Gasteiger partial charge in [-0.25, -0.2) is 4.39 Å². The lowest BCUT2D eigenvalue weighted by atomic mass is 10.2. The smallest absolute Gasteiger partial charge is 0.187 e. The van der Waals surface area contributed by atoms with Crippen molar-refractivity contribution < 1.29 is 4.39 Å². The number of halogens is 2. The van der Waals surface area contributed by atoms with Gasteiger partial charge in [0.1, 0.15) is 5.82 Å². The van der Waals surface area contributed by atoms with Gasteiger partial charge in [-0.05, 0) is 38.2 Å². The highest BCUT2D eigenvalue weighted by molar-refractivity contribution is 7.80. The third-order valence-electron chi connectivity index (χ3n) is 1.78. The van der Waals surface area contributed by atoms with Crippen LogP contribution in [0.3, 0.4) is 0 Å². The van der Waals surface area contributed by atoms with Crippen LogP contribution in [0.2, 0.25) is 5.02 Å². The third-order valence-corrected chi connectivity index (χ3v) is 2.32. The minimum atomic E-state index is -0.425. The summed E-state index contributed by atoms with van der Waals surface area (Å²) in [6.07, 6.45) is 1.30. The number of nitrogens with zero attached hydrogens (tertiary/aromatic N) is 1. The van der Waals surface area contributed by atoms with E-state index in [-0.39, 0.29) is 11.6 Å². The Kier molecular flexibility index (Phi) is 5.31. The minimum absolute atomic E-state index is 0.210. The van der Waals surface area contributed by atoms with Gasteiger partial charge in [-0.15, -0.1) is 0 Å². The molecule has 0 aliphatic heterocycles. The summed E-state index contributed by atoms with van der Waals surface area (Å²) in [6.45, 7) is 3.90. The van der Waals surface area contributed by atoms with Gasteiger partial charge < -0.3 is 5.32 Å². The molecule has 17 heavy (non-hydrogen) atoms. The predicted octanol–water partition coefficient (Wildman–Crippen LogP) is 2.69. The molecular weight excluding hydrogens is 261 g/mol. The molecule has 6 heteroatoms. The van der Waals surface area contributed by atoms with Crippen LogP contribution in [0.15, 0.2) is 23.3 Å². The van der Waals surface area contributed by atoms with E-state index in [2.05, 4.69) is 15.8 Å². The van der Waals surface area contributed by atoms with Gasteiger partial charge in [0, 0.05) is 11.6 Å². The van der Waals surface area contributed by atoms with Crippen molar-refractivity contribution in [1.29, 1.82) is 0 Å². The summed E-state index contributed by atoms with van der Waals surface area (Å²) < 4.78 is 13.3. The molecule has 0 fully saturated rings. The van der Waals surface area contributed by atoms with Crippen molar-refractivity contribution in [3.63, 3.8) is 0 Å². The van der Waals surface area contributed by atoms with Crippen LogP contribution in [0.25, 0.3) is 0 Å². The van der Waals surface area contributed by atoms with E-state index in [1.165, 1.54) is 18.3 Å². The standard InChI is InChI=1S/C11H13ClFN3S/c1-7(2)15-11(17)16-14-6-8-9(12)4-3-5-10(8)13/h3-7H,1-2H3,(H2,15,16,17). The normalized spacial score (nSPS) is 10.9. The molecule has 0 aromatic heterocycles. The zero-order chi connectivity index (χ0) is 12.8. The Hall–Kier alpha value is -1.20. The monoisotopic (exact) mass is 273 g/mol. The van der Waals surface area contributed by atoms with E-state index in [0.29, 0.717) is 10.1 Å². The molecule has 0 radical (unpaired) electrons. The quantitative estimate of drug-likeness (QED) is 0.505. The SMILES string of the molecule is CC(C)NC(=S)NN=Cc1c(F)cccc1Cl. The van der Waals surface area contributed by atoms with Crippen LogP contribution in [0.5, 0.6) is 0 Å². The molecule has 1 aromatic carbocycles. The van der Waals surface area contributed by atoms with Crippen LogP contribution in [0, 0.1) is 5.82 Å². The van der Waals surface area contributed by atoms with E-state index in [9.17, 15) is 4.39 Å². The fraction of sp³-hybridized carbons (Fsp3) is 0.273. The Labute approximate surface area is 110 Å². The molecule has 3 nitrogen and oxygen atoms in total. The van der Waals surface area contributed by atoms with Crippen molar-refractivity contribution in [2.24, 2.45) is 5.10 Å². The molecule has 0 bridgehead atoms. The summed E-state index contributed by atoms with van der Waals surface area (Å²) in [4.78, 5) is 0. The van der Waals surface area contributed by atoms with E-state index in [1.54, 1.807) is 6.07 Å². The molecule has 0 saturated carbocycles. The van der Waals surface area contributed by atoms with Gasteiger partial charge in [-0.1, -0.05) is 17.7 Å². The van der Waals surface area contributed by atoms with Gasteiger partial charge in [0.25, 0.3) is 0 Å². The molecule has 0 heterocycles. The molecule has 0 aliphatic carbocycles. The van der Waals surface area contributed by atoms with Crippen molar-refractivity contribution in [2.45, 2.75) is 19.9 Å². The molecule has 1 aromatic rings. The Balaban J connectivity index is 2.63. The first-order valence-corrected chi connectivity index (χ1v) is 5.83. The highest BCUT2D eigenvalue weighted by Crippen LogP contribution is 2.16. The highest BCUT2D eigenvalue weighted by atomic mass is 35.5. The molecule has 0 atom stereocenters. The number of thiocarbonyl (C=S) groups is 1. The maximum Gasteiger partial charge on any atom is 0.187 e. The van der Waals surface area contributed by atoms with E-state index < -0.39 is 5.82 Å². The second-order valence-electron chi connectivity index (χ2n) is 3.63. The van der Waals surface area contributed by atoms with Gasteiger partial charge in [0.2, 0.25) is 0 Å². The van der Waals surface area contributed by atoms with Gasteiger partial charge in [0.15, 0.2) is 5.11 Å². The second kappa shape index (κ2) is 6.51. The van der Waals surface area contributed by atoms with Gasteiger partial charge >= 0.3 is 0 Å². The van der Waals surface area contributed by atoms with Gasteiger partial charge in [-0.3, -0.25) is 5.43 Å². The lowest BCUT2D eigenvalue weighted by Gasteiger charge is -2.09. The van der Waals surface area contributed by atoms with Crippen molar-refractivity contribution in [1.82, 2.24) is 10.7 Å². The number of hydrazone groups is 1. The largest absolute Gasteiger partial charge is 0.359 e. The maximum atomic E-state index is 13.3. The summed E-state index contributed by atoms with van der Waals surface area (Å²) in [7, 11) is 0. The van der Waals surface area contributed by atoms with Crippen LogP contribution in [-0.4, -0.2) is 17.4 Å². The summed E-state index contributed by atoms with van der Waals surface area (Å²) >= 11 is 10.8. The summed E-state index contributed by atoms with van der Waals surface area (Å²) in [5, 5.41) is 7.43.